The smallest absolute Gasteiger partial charge is 0.286 e. The summed E-state index contributed by atoms with van der Waals surface area (Å²) in [5, 5.41) is 10.6. The van der Waals surface area contributed by atoms with Crippen LogP contribution in [0.2, 0.25) is 5.15 Å². The maximum Gasteiger partial charge on any atom is 0.286 e. The van der Waals surface area contributed by atoms with Crippen molar-refractivity contribution in [1.82, 2.24) is 0 Å². The van der Waals surface area contributed by atoms with Gasteiger partial charge >= 0.3 is 0 Å². The molecule has 0 N–H and O–H groups in total. The van der Waals surface area contributed by atoms with Crippen molar-refractivity contribution in [1.29, 1.82) is 0 Å². The molecule has 0 aliphatic heterocycles. The SMILES string of the molecule is C[S+](C)[O-].[O-][n+]1ccccc1Cl. The molecule has 68 valence electrons. The molecule has 1 rings (SSSR count). The average molecular weight is 208 g/mol. The Morgan fingerprint density at radius 2 is 1.92 bits per heavy atom. The normalized spacial score (nSPS) is 9.08. The van der Waals surface area contributed by atoms with Crippen LogP contribution in [0.3, 0.4) is 0 Å². The Morgan fingerprint density at radius 3 is 2.17 bits per heavy atom. The number of hydrogen-bond acceptors (Lipinski definition) is 2. The maximum absolute atomic E-state index is 10.4. The lowest BCUT2D eigenvalue weighted by molar-refractivity contribution is -0.603. The second kappa shape index (κ2) is 6.11. The number of halogens is 1. The van der Waals surface area contributed by atoms with Gasteiger partial charge < -0.3 is 9.76 Å². The molecular formula is C7H10ClNO2S. The highest BCUT2D eigenvalue weighted by atomic mass is 35.5. The van der Waals surface area contributed by atoms with Crippen LogP contribution in [0.1, 0.15) is 0 Å². The molecule has 0 fully saturated rings. The summed E-state index contributed by atoms with van der Waals surface area (Å²) in [5.74, 6) is 0. The molecule has 0 atom stereocenters. The first-order valence-electron chi connectivity index (χ1n) is 3.13. The lowest BCUT2D eigenvalue weighted by atomic mass is 10.5. The highest BCUT2D eigenvalue weighted by Crippen LogP contribution is 1.96. The van der Waals surface area contributed by atoms with E-state index in [0.717, 1.165) is 0 Å². The minimum atomic E-state index is -0.611. The van der Waals surface area contributed by atoms with Gasteiger partial charge in [-0.1, -0.05) is 11.2 Å². The van der Waals surface area contributed by atoms with E-state index in [9.17, 15) is 9.76 Å². The molecule has 0 bridgehead atoms. The molecule has 0 saturated carbocycles. The van der Waals surface area contributed by atoms with E-state index in [1.54, 1.807) is 24.6 Å². The summed E-state index contributed by atoms with van der Waals surface area (Å²) in [6, 6.07) is 4.87. The van der Waals surface area contributed by atoms with Crippen LogP contribution < -0.4 is 4.73 Å². The standard InChI is InChI=1S/C5H4ClNO.C2H6OS/c6-5-3-1-2-4-7(5)8;1-4(2)3/h1-4H;1-2H3. The summed E-state index contributed by atoms with van der Waals surface area (Å²) in [6.45, 7) is 0. The zero-order valence-electron chi connectivity index (χ0n) is 6.86. The molecule has 0 amide bonds. The van der Waals surface area contributed by atoms with Crippen molar-refractivity contribution in [2.75, 3.05) is 12.5 Å². The second-order valence-corrected chi connectivity index (χ2v) is 3.96. The largest absolute Gasteiger partial charge is 0.618 e. The Labute approximate surface area is 79.7 Å². The highest BCUT2D eigenvalue weighted by Gasteiger charge is 1.92. The second-order valence-electron chi connectivity index (χ2n) is 2.09. The molecule has 5 heteroatoms. The van der Waals surface area contributed by atoms with Crippen molar-refractivity contribution in [2.45, 2.75) is 0 Å². The molecule has 12 heavy (non-hydrogen) atoms. The van der Waals surface area contributed by atoms with Crippen LogP contribution in [0.5, 0.6) is 0 Å². The van der Waals surface area contributed by atoms with Gasteiger partial charge in [0, 0.05) is 12.1 Å². The van der Waals surface area contributed by atoms with E-state index in [0.29, 0.717) is 4.73 Å². The molecule has 0 aromatic carbocycles. The monoisotopic (exact) mass is 207 g/mol. The van der Waals surface area contributed by atoms with Gasteiger partial charge in [0.1, 0.15) is 0 Å². The lowest BCUT2D eigenvalue weighted by Crippen LogP contribution is -2.25. The highest BCUT2D eigenvalue weighted by molar-refractivity contribution is 7.89. The predicted molar refractivity (Wildman–Crippen MR) is 50.4 cm³/mol. The van der Waals surface area contributed by atoms with Crippen molar-refractivity contribution in [2.24, 2.45) is 0 Å². The van der Waals surface area contributed by atoms with Crippen LogP contribution in [0.4, 0.5) is 0 Å². The quantitative estimate of drug-likeness (QED) is 0.276. The molecule has 0 radical (unpaired) electrons. The van der Waals surface area contributed by atoms with E-state index in [2.05, 4.69) is 0 Å². The van der Waals surface area contributed by atoms with Gasteiger partial charge in [-0.05, 0) is 17.7 Å². The average Bonchev–Trinajstić information content (AvgIpc) is 1.94. The molecule has 3 nitrogen and oxygen atoms in total. The fraction of sp³-hybridized carbons (Fsp3) is 0.286. The van der Waals surface area contributed by atoms with Crippen LogP contribution >= 0.6 is 11.6 Å². The number of rotatable bonds is 0. The Balaban J connectivity index is 0.000000261. The molecule has 1 aromatic heterocycles. The molecule has 1 heterocycles. The minimum Gasteiger partial charge on any atom is -0.618 e. The molecular weight excluding hydrogens is 198 g/mol. The Bertz CT molecular complexity index is 209. The van der Waals surface area contributed by atoms with Crippen LogP contribution in [-0.2, 0) is 11.2 Å². The molecule has 0 unspecified atom stereocenters. The third-order valence-electron chi connectivity index (χ3n) is 0.777. The molecule has 0 saturated heterocycles. The summed E-state index contributed by atoms with van der Waals surface area (Å²) in [4.78, 5) is 0. The zero-order chi connectivity index (χ0) is 9.56. The van der Waals surface area contributed by atoms with Crippen molar-refractivity contribution >= 4 is 22.8 Å². The topological polar surface area (TPSA) is 50.0 Å². The summed E-state index contributed by atoms with van der Waals surface area (Å²) in [5.41, 5.74) is 0. The molecule has 0 aliphatic rings. The lowest BCUT2D eigenvalue weighted by Gasteiger charge is -1.93. The zero-order valence-corrected chi connectivity index (χ0v) is 8.43. The van der Waals surface area contributed by atoms with Gasteiger partial charge in [-0.15, -0.1) is 0 Å². The Morgan fingerprint density at radius 1 is 1.42 bits per heavy atom. The molecule has 0 aliphatic carbocycles. The predicted octanol–water partition coefficient (Wildman–Crippen LogP) is 0.968. The van der Waals surface area contributed by atoms with Gasteiger partial charge in [-0.3, -0.25) is 0 Å². The van der Waals surface area contributed by atoms with Crippen LogP contribution in [0.25, 0.3) is 0 Å². The van der Waals surface area contributed by atoms with Crippen LogP contribution in [-0.4, -0.2) is 17.1 Å². The summed E-state index contributed by atoms with van der Waals surface area (Å²) in [7, 11) is 0. The summed E-state index contributed by atoms with van der Waals surface area (Å²) >= 11 is 4.75. The summed E-state index contributed by atoms with van der Waals surface area (Å²) in [6.07, 6.45) is 4.63. The summed E-state index contributed by atoms with van der Waals surface area (Å²) < 4.78 is 10.2. The third-order valence-corrected chi connectivity index (χ3v) is 1.07. The third kappa shape index (κ3) is 6.27. The van der Waals surface area contributed by atoms with E-state index >= 15 is 0 Å². The van der Waals surface area contributed by atoms with Gasteiger partial charge in [0.2, 0.25) is 0 Å². The van der Waals surface area contributed by atoms with E-state index < -0.39 is 11.2 Å². The fourth-order valence-electron chi connectivity index (χ4n) is 0.407. The van der Waals surface area contributed by atoms with E-state index in [1.807, 2.05) is 0 Å². The van der Waals surface area contributed by atoms with Gasteiger partial charge in [0.25, 0.3) is 5.15 Å². The first kappa shape index (κ1) is 11.6. The van der Waals surface area contributed by atoms with Crippen molar-refractivity contribution in [3.8, 4) is 0 Å². The van der Waals surface area contributed by atoms with Crippen molar-refractivity contribution < 1.29 is 9.28 Å². The van der Waals surface area contributed by atoms with E-state index in [4.69, 9.17) is 11.6 Å². The van der Waals surface area contributed by atoms with Gasteiger partial charge in [-0.2, -0.15) is 4.73 Å². The maximum atomic E-state index is 10.4. The molecule has 1 aromatic rings. The fourth-order valence-corrected chi connectivity index (χ4v) is 0.537. The van der Waals surface area contributed by atoms with Crippen molar-refractivity contribution in [3.63, 3.8) is 0 Å². The van der Waals surface area contributed by atoms with E-state index in [-0.39, 0.29) is 5.15 Å². The first-order chi connectivity index (χ1) is 5.54. The number of aromatic nitrogens is 1. The Hall–Kier alpha value is -0.450. The minimum absolute atomic E-state index is 0.201. The number of hydrogen-bond donors (Lipinski definition) is 0. The van der Waals surface area contributed by atoms with Gasteiger partial charge in [0.15, 0.2) is 6.20 Å². The van der Waals surface area contributed by atoms with Crippen LogP contribution in [0, 0.1) is 5.21 Å². The number of nitrogens with zero attached hydrogens (tertiary/aromatic N) is 1. The first-order valence-corrected chi connectivity index (χ1v) is 5.47. The van der Waals surface area contributed by atoms with Crippen molar-refractivity contribution in [3.05, 3.63) is 34.8 Å². The van der Waals surface area contributed by atoms with E-state index in [1.165, 1.54) is 12.3 Å². The number of pyridine rings is 1. The molecule has 0 spiro atoms. The van der Waals surface area contributed by atoms with Gasteiger partial charge in [-0.25, -0.2) is 0 Å². The van der Waals surface area contributed by atoms with Gasteiger partial charge in [0.05, 0.1) is 12.5 Å². The van der Waals surface area contributed by atoms with Crippen LogP contribution in [0.15, 0.2) is 24.4 Å². The Kier molecular flexibility index (Phi) is 5.88.